The number of fused-ring (bicyclic) bond motifs is 3. The van der Waals surface area contributed by atoms with E-state index in [4.69, 9.17) is 11.6 Å². The number of aromatic amines is 1. The first-order chi connectivity index (χ1) is 8.70. The van der Waals surface area contributed by atoms with Crippen molar-refractivity contribution in [2.45, 2.75) is 26.8 Å². The van der Waals surface area contributed by atoms with E-state index < -0.39 is 0 Å². The number of hydrogen-bond acceptors (Lipinski definition) is 4. The van der Waals surface area contributed by atoms with E-state index in [-0.39, 0.29) is 6.04 Å². The summed E-state index contributed by atoms with van der Waals surface area (Å²) >= 11 is 6.12. The number of rotatable bonds is 0. The monoisotopic (exact) mass is 265 g/mol. The van der Waals surface area contributed by atoms with Crippen LogP contribution in [-0.2, 0) is 0 Å². The van der Waals surface area contributed by atoms with Gasteiger partial charge in [0, 0.05) is 18.8 Å². The highest BCUT2D eigenvalue weighted by molar-refractivity contribution is 6.32. The summed E-state index contributed by atoms with van der Waals surface area (Å²) in [6.45, 7) is 6.06. The molecule has 0 amide bonds. The van der Waals surface area contributed by atoms with Crippen LogP contribution in [0.25, 0.3) is 11.3 Å². The van der Waals surface area contributed by atoms with E-state index >= 15 is 0 Å². The van der Waals surface area contributed by atoms with Gasteiger partial charge >= 0.3 is 0 Å². The Hall–Kier alpha value is -1.62. The van der Waals surface area contributed by atoms with E-state index in [2.05, 4.69) is 32.2 Å². The van der Waals surface area contributed by atoms with Crippen LogP contribution in [0.15, 0.2) is 12.3 Å². The summed E-state index contributed by atoms with van der Waals surface area (Å²) in [6, 6.07) is 2.05. The standard InChI is InChI=1S/C10H10ClN5.C2H6/c1-5-7-8(14-15-13-7)6-3-4-12-10(11)9(6)16(5)2;1-2/h3-5H,1-2H3,(H,13,14,15);1-2H3. The van der Waals surface area contributed by atoms with Crippen LogP contribution in [0.3, 0.4) is 0 Å². The molecule has 0 spiro atoms. The van der Waals surface area contributed by atoms with Crippen LogP contribution < -0.4 is 4.90 Å². The van der Waals surface area contributed by atoms with Crippen LogP contribution in [0.5, 0.6) is 0 Å². The molecule has 2 aromatic rings. The molecular formula is C12H16ClN5. The molecule has 96 valence electrons. The molecule has 1 aliphatic heterocycles. The average molecular weight is 266 g/mol. The van der Waals surface area contributed by atoms with Gasteiger partial charge in [-0.3, -0.25) is 0 Å². The van der Waals surface area contributed by atoms with E-state index in [0.717, 1.165) is 22.6 Å². The number of halogens is 1. The van der Waals surface area contributed by atoms with Crippen molar-refractivity contribution in [3.63, 3.8) is 0 Å². The highest BCUT2D eigenvalue weighted by Gasteiger charge is 2.31. The Kier molecular flexibility index (Phi) is 3.52. The van der Waals surface area contributed by atoms with Gasteiger partial charge in [0.25, 0.3) is 0 Å². The highest BCUT2D eigenvalue weighted by Crippen LogP contribution is 2.44. The molecule has 3 heterocycles. The second kappa shape index (κ2) is 4.94. The second-order valence-electron chi connectivity index (χ2n) is 3.84. The Balaban J connectivity index is 0.000000574. The predicted octanol–water partition coefficient (Wildman–Crippen LogP) is 3.06. The van der Waals surface area contributed by atoms with Crippen molar-refractivity contribution in [1.29, 1.82) is 0 Å². The minimum atomic E-state index is 0.142. The molecule has 0 saturated carbocycles. The Bertz CT molecular complexity index is 551. The lowest BCUT2D eigenvalue weighted by molar-refractivity contribution is 0.702. The quantitative estimate of drug-likeness (QED) is 0.744. The average Bonchev–Trinajstić information content (AvgIpc) is 2.87. The first-order valence-corrected chi connectivity index (χ1v) is 6.36. The fraction of sp³-hybridized carbons (Fsp3) is 0.417. The molecule has 5 nitrogen and oxygen atoms in total. The zero-order valence-corrected chi connectivity index (χ0v) is 11.7. The predicted molar refractivity (Wildman–Crippen MR) is 72.8 cm³/mol. The zero-order valence-electron chi connectivity index (χ0n) is 10.9. The van der Waals surface area contributed by atoms with Gasteiger partial charge in [-0.15, -0.1) is 0 Å². The lowest BCUT2D eigenvalue weighted by Gasteiger charge is -2.32. The van der Waals surface area contributed by atoms with E-state index in [9.17, 15) is 0 Å². The molecule has 1 N–H and O–H groups in total. The van der Waals surface area contributed by atoms with Gasteiger partial charge in [0.05, 0.1) is 11.7 Å². The molecule has 6 heteroatoms. The summed E-state index contributed by atoms with van der Waals surface area (Å²) < 4.78 is 0. The number of anilines is 1. The van der Waals surface area contributed by atoms with Crippen LogP contribution >= 0.6 is 11.6 Å². The van der Waals surface area contributed by atoms with E-state index in [1.54, 1.807) is 6.20 Å². The van der Waals surface area contributed by atoms with Gasteiger partial charge in [-0.05, 0) is 13.0 Å². The molecule has 18 heavy (non-hydrogen) atoms. The Morgan fingerprint density at radius 2 is 2.06 bits per heavy atom. The summed E-state index contributed by atoms with van der Waals surface area (Å²) in [5, 5.41) is 11.5. The smallest absolute Gasteiger partial charge is 0.152 e. The molecule has 1 atom stereocenters. The van der Waals surface area contributed by atoms with Gasteiger partial charge in [0.2, 0.25) is 0 Å². The summed E-state index contributed by atoms with van der Waals surface area (Å²) in [5.74, 6) is 0. The second-order valence-corrected chi connectivity index (χ2v) is 4.20. The van der Waals surface area contributed by atoms with Gasteiger partial charge in [0.15, 0.2) is 5.15 Å². The van der Waals surface area contributed by atoms with E-state index in [1.807, 2.05) is 27.0 Å². The molecule has 0 bridgehead atoms. The van der Waals surface area contributed by atoms with Gasteiger partial charge < -0.3 is 4.90 Å². The van der Waals surface area contributed by atoms with Crippen molar-refractivity contribution in [2.75, 3.05) is 11.9 Å². The van der Waals surface area contributed by atoms with Crippen LogP contribution in [0.4, 0.5) is 5.69 Å². The number of hydrogen-bond donors (Lipinski definition) is 1. The van der Waals surface area contributed by atoms with Crippen molar-refractivity contribution < 1.29 is 0 Å². The highest BCUT2D eigenvalue weighted by atomic mass is 35.5. The maximum Gasteiger partial charge on any atom is 0.152 e. The lowest BCUT2D eigenvalue weighted by atomic mass is 9.99. The minimum absolute atomic E-state index is 0.142. The van der Waals surface area contributed by atoms with E-state index in [1.165, 1.54) is 0 Å². The topological polar surface area (TPSA) is 57.7 Å². The normalized spacial score (nSPS) is 16.5. The SMILES string of the molecule is CC.CC1c2n[nH]nc2-c2ccnc(Cl)c2N1C. The molecule has 1 aliphatic rings. The molecule has 0 fully saturated rings. The van der Waals surface area contributed by atoms with Crippen molar-refractivity contribution in [3.8, 4) is 11.3 Å². The number of nitrogens with zero attached hydrogens (tertiary/aromatic N) is 4. The molecule has 0 aliphatic carbocycles. The fourth-order valence-electron chi connectivity index (χ4n) is 2.06. The molecule has 3 rings (SSSR count). The largest absolute Gasteiger partial charge is 0.363 e. The van der Waals surface area contributed by atoms with Gasteiger partial charge in [-0.2, -0.15) is 15.4 Å². The van der Waals surface area contributed by atoms with Crippen molar-refractivity contribution >= 4 is 17.3 Å². The Morgan fingerprint density at radius 1 is 1.33 bits per heavy atom. The maximum absolute atomic E-state index is 6.12. The van der Waals surface area contributed by atoms with Crippen molar-refractivity contribution in [3.05, 3.63) is 23.1 Å². The third-order valence-electron chi connectivity index (χ3n) is 3.04. The van der Waals surface area contributed by atoms with Crippen LogP contribution in [0, 0.1) is 0 Å². The lowest BCUT2D eigenvalue weighted by Crippen LogP contribution is -2.26. The van der Waals surface area contributed by atoms with Crippen molar-refractivity contribution in [1.82, 2.24) is 20.4 Å². The molecule has 0 saturated heterocycles. The van der Waals surface area contributed by atoms with Crippen LogP contribution in [-0.4, -0.2) is 27.4 Å². The molecule has 0 aromatic carbocycles. The number of pyridine rings is 1. The summed E-state index contributed by atoms with van der Waals surface area (Å²) in [4.78, 5) is 6.16. The summed E-state index contributed by atoms with van der Waals surface area (Å²) in [6.07, 6.45) is 1.68. The molecular weight excluding hydrogens is 250 g/mol. The number of nitrogens with one attached hydrogen (secondary N) is 1. The summed E-state index contributed by atoms with van der Waals surface area (Å²) in [7, 11) is 1.98. The third kappa shape index (κ3) is 1.75. The third-order valence-corrected chi connectivity index (χ3v) is 3.32. The van der Waals surface area contributed by atoms with Crippen LogP contribution in [0.2, 0.25) is 5.15 Å². The molecule has 1 unspecified atom stereocenters. The zero-order chi connectivity index (χ0) is 13.3. The first-order valence-electron chi connectivity index (χ1n) is 5.98. The van der Waals surface area contributed by atoms with Crippen LogP contribution in [0.1, 0.15) is 32.5 Å². The first kappa shape index (κ1) is 12.8. The van der Waals surface area contributed by atoms with Gasteiger partial charge in [0.1, 0.15) is 11.4 Å². The van der Waals surface area contributed by atoms with E-state index in [0.29, 0.717) is 5.15 Å². The summed E-state index contributed by atoms with van der Waals surface area (Å²) in [5.41, 5.74) is 3.70. The maximum atomic E-state index is 6.12. The molecule has 0 radical (unpaired) electrons. The number of H-pyrrole nitrogens is 1. The Labute approximate surface area is 111 Å². The Morgan fingerprint density at radius 3 is 2.78 bits per heavy atom. The van der Waals surface area contributed by atoms with Gasteiger partial charge in [-0.1, -0.05) is 25.4 Å². The van der Waals surface area contributed by atoms with Crippen molar-refractivity contribution in [2.24, 2.45) is 0 Å². The van der Waals surface area contributed by atoms with Gasteiger partial charge in [-0.25, -0.2) is 4.98 Å². The minimum Gasteiger partial charge on any atom is -0.363 e. The molecule has 2 aromatic heterocycles. The fourth-order valence-corrected chi connectivity index (χ4v) is 2.35. The number of aromatic nitrogens is 4.